The van der Waals surface area contributed by atoms with Crippen LogP contribution in [-0.4, -0.2) is 38.4 Å². The average molecular weight is 393 g/mol. The average Bonchev–Trinajstić information content (AvgIpc) is 3.12. The quantitative estimate of drug-likeness (QED) is 0.479. The fourth-order valence-corrected chi connectivity index (χ4v) is 2.97. The maximum Gasteiger partial charge on any atom is 0.222 e. The van der Waals surface area contributed by atoms with E-state index >= 15 is 0 Å². The van der Waals surface area contributed by atoms with Gasteiger partial charge in [0.15, 0.2) is 0 Å². The highest BCUT2D eigenvalue weighted by molar-refractivity contribution is 5.91. The molecule has 0 saturated carbocycles. The molecule has 0 bridgehead atoms. The number of imidazole rings is 1. The molecule has 3 N–H and O–H groups in total. The van der Waals surface area contributed by atoms with Crippen LogP contribution in [0, 0.1) is 5.41 Å². The molecule has 0 aliphatic rings. The van der Waals surface area contributed by atoms with Crippen molar-refractivity contribution in [3.8, 4) is 17.1 Å². The molecule has 0 amide bonds. The Morgan fingerprint density at radius 1 is 1.28 bits per heavy atom. The number of nitrogens with one attached hydrogen (secondary N) is 3. The molecule has 8 heteroatoms. The molecule has 3 aromatic rings. The van der Waals surface area contributed by atoms with Gasteiger partial charge in [-0.1, -0.05) is 0 Å². The summed E-state index contributed by atoms with van der Waals surface area (Å²) in [6.07, 6.45) is 6.64. The first kappa shape index (κ1) is 20.3. The molecule has 0 atom stereocenters. The fraction of sp³-hybridized carbons (Fsp3) is 0.333. The fourth-order valence-electron chi connectivity index (χ4n) is 2.97. The van der Waals surface area contributed by atoms with Gasteiger partial charge in [-0.15, -0.1) is 0 Å². The lowest BCUT2D eigenvalue weighted by molar-refractivity contribution is 0.328. The Morgan fingerprint density at radius 3 is 2.76 bits per heavy atom. The van der Waals surface area contributed by atoms with Crippen LogP contribution in [0.5, 0.6) is 5.88 Å². The van der Waals surface area contributed by atoms with Gasteiger partial charge in [0, 0.05) is 37.9 Å². The van der Waals surface area contributed by atoms with Crippen molar-refractivity contribution < 1.29 is 4.74 Å². The van der Waals surface area contributed by atoms with Crippen molar-refractivity contribution in [1.82, 2.24) is 19.5 Å². The molecule has 0 aliphatic heterocycles. The van der Waals surface area contributed by atoms with E-state index < -0.39 is 0 Å². The second-order valence-electron chi connectivity index (χ2n) is 6.86. The van der Waals surface area contributed by atoms with Crippen LogP contribution in [0.3, 0.4) is 0 Å². The van der Waals surface area contributed by atoms with Crippen molar-refractivity contribution >= 4 is 17.6 Å². The van der Waals surface area contributed by atoms with Crippen LogP contribution in [0.25, 0.3) is 11.3 Å². The van der Waals surface area contributed by atoms with Crippen molar-refractivity contribution in [1.29, 1.82) is 5.41 Å². The molecule has 0 radical (unpaired) electrons. The monoisotopic (exact) mass is 393 g/mol. The van der Waals surface area contributed by atoms with Gasteiger partial charge in [0.25, 0.3) is 0 Å². The van der Waals surface area contributed by atoms with Gasteiger partial charge in [-0.3, -0.25) is 0 Å². The van der Waals surface area contributed by atoms with Gasteiger partial charge in [-0.2, -0.15) is 0 Å². The Balaban J connectivity index is 2.07. The lowest BCUT2D eigenvalue weighted by Crippen LogP contribution is -2.16. The first-order valence-electron chi connectivity index (χ1n) is 9.63. The topological polar surface area (TPSA) is 101 Å². The maximum absolute atomic E-state index is 7.91. The van der Waals surface area contributed by atoms with Crippen LogP contribution in [0.1, 0.15) is 32.3 Å². The summed E-state index contributed by atoms with van der Waals surface area (Å²) >= 11 is 0. The third kappa shape index (κ3) is 4.71. The molecule has 29 heavy (non-hydrogen) atoms. The number of hydrogen-bond donors (Lipinski definition) is 3. The minimum atomic E-state index is 0.187. The number of hydrogen-bond acceptors (Lipinski definition) is 7. The molecule has 152 valence electrons. The summed E-state index contributed by atoms with van der Waals surface area (Å²) in [6, 6.07) is 5.92. The molecule has 0 aliphatic carbocycles. The highest BCUT2D eigenvalue weighted by Gasteiger charge is 2.17. The molecule has 0 unspecified atom stereocenters. The van der Waals surface area contributed by atoms with E-state index in [1.165, 1.54) is 6.21 Å². The highest BCUT2D eigenvalue weighted by Crippen LogP contribution is 2.33. The van der Waals surface area contributed by atoms with E-state index in [2.05, 4.69) is 34.4 Å². The van der Waals surface area contributed by atoms with E-state index in [9.17, 15) is 0 Å². The van der Waals surface area contributed by atoms with E-state index in [0.717, 1.165) is 22.8 Å². The summed E-state index contributed by atoms with van der Waals surface area (Å²) in [5, 5.41) is 14.8. The minimum Gasteiger partial charge on any atom is -0.477 e. The second kappa shape index (κ2) is 9.18. The van der Waals surface area contributed by atoms with Gasteiger partial charge in [-0.05, 0) is 39.0 Å². The van der Waals surface area contributed by atoms with Gasteiger partial charge in [0.1, 0.15) is 11.5 Å². The zero-order valence-corrected chi connectivity index (χ0v) is 17.2. The number of anilines is 2. The summed E-state index contributed by atoms with van der Waals surface area (Å²) in [6.45, 7) is 7.09. The van der Waals surface area contributed by atoms with Crippen LogP contribution in [0.4, 0.5) is 11.4 Å². The normalized spacial score (nSPS) is 10.8. The largest absolute Gasteiger partial charge is 0.477 e. The number of aromatic nitrogens is 4. The molecule has 3 aromatic heterocycles. The number of nitrogens with zero attached hydrogens (tertiary/aromatic N) is 4. The Labute approximate surface area is 170 Å². The second-order valence-corrected chi connectivity index (χ2v) is 6.86. The third-order valence-corrected chi connectivity index (χ3v) is 4.30. The number of pyridine rings is 2. The lowest BCUT2D eigenvalue weighted by atomic mass is 10.1. The Kier molecular flexibility index (Phi) is 6.43. The van der Waals surface area contributed by atoms with Crippen LogP contribution in [0.15, 0.2) is 36.8 Å². The standard InChI is InChI=1S/C21H27N7O/c1-5-29-21-15(7-6-8-24-21)16-11-17(25-13-19-23-9-10-28(19)4)20(26-14(2)3)18(12-22)27-16/h6-12,14,22,26H,5,13H2,1-4H3,(H,25,27). The smallest absolute Gasteiger partial charge is 0.222 e. The van der Waals surface area contributed by atoms with Crippen LogP contribution in [-0.2, 0) is 13.6 Å². The summed E-state index contributed by atoms with van der Waals surface area (Å²) < 4.78 is 7.65. The summed E-state index contributed by atoms with van der Waals surface area (Å²) in [5.74, 6) is 1.43. The zero-order chi connectivity index (χ0) is 20.8. The summed E-state index contributed by atoms with van der Waals surface area (Å²) in [4.78, 5) is 13.4. The van der Waals surface area contributed by atoms with Crippen molar-refractivity contribution in [3.63, 3.8) is 0 Å². The third-order valence-electron chi connectivity index (χ3n) is 4.30. The van der Waals surface area contributed by atoms with E-state index in [1.54, 1.807) is 12.4 Å². The Morgan fingerprint density at radius 2 is 2.10 bits per heavy atom. The first-order valence-corrected chi connectivity index (χ1v) is 9.63. The molecule has 0 spiro atoms. The van der Waals surface area contributed by atoms with Gasteiger partial charge >= 0.3 is 0 Å². The van der Waals surface area contributed by atoms with E-state index in [4.69, 9.17) is 15.1 Å². The SMILES string of the molecule is CCOc1ncccc1-c1cc(NCc2nccn2C)c(NC(C)C)c(C=N)n1. The predicted octanol–water partition coefficient (Wildman–Crippen LogP) is 3.71. The van der Waals surface area contributed by atoms with Crippen LogP contribution in [0.2, 0.25) is 0 Å². The zero-order valence-electron chi connectivity index (χ0n) is 17.2. The number of rotatable bonds is 9. The molecular weight excluding hydrogens is 366 g/mol. The minimum absolute atomic E-state index is 0.187. The molecule has 0 aromatic carbocycles. The Bertz CT molecular complexity index is 981. The highest BCUT2D eigenvalue weighted by atomic mass is 16.5. The molecular formula is C21H27N7O. The van der Waals surface area contributed by atoms with E-state index in [0.29, 0.717) is 30.4 Å². The van der Waals surface area contributed by atoms with Gasteiger partial charge in [-0.25, -0.2) is 15.0 Å². The van der Waals surface area contributed by atoms with Crippen molar-refractivity contribution in [2.45, 2.75) is 33.4 Å². The molecule has 8 nitrogen and oxygen atoms in total. The molecule has 3 heterocycles. The number of ether oxygens (including phenoxy) is 1. The summed E-state index contributed by atoms with van der Waals surface area (Å²) in [7, 11) is 1.96. The van der Waals surface area contributed by atoms with Gasteiger partial charge in [0.05, 0.1) is 35.8 Å². The van der Waals surface area contributed by atoms with Gasteiger partial charge < -0.3 is 25.3 Å². The van der Waals surface area contributed by atoms with Crippen molar-refractivity contribution in [2.75, 3.05) is 17.2 Å². The van der Waals surface area contributed by atoms with E-state index in [-0.39, 0.29) is 6.04 Å². The molecule has 0 saturated heterocycles. The number of aryl methyl sites for hydroxylation is 1. The Hall–Kier alpha value is -3.42. The lowest BCUT2D eigenvalue weighted by Gasteiger charge is -2.20. The van der Waals surface area contributed by atoms with Crippen LogP contribution >= 0.6 is 0 Å². The van der Waals surface area contributed by atoms with Crippen molar-refractivity contribution in [3.05, 3.63) is 48.3 Å². The van der Waals surface area contributed by atoms with E-state index in [1.807, 2.05) is 42.9 Å². The molecule has 0 fully saturated rings. The predicted molar refractivity (Wildman–Crippen MR) is 116 cm³/mol. The molecule has 3 rings (SSSR count). The van der Waals surface area contributed by atoms with Crippen molar-refractivity contribution in [2.24, 2.45) is 7.05 Å². The van der Waals surface area contributed by atoms with Gasteiger partial charge in [0.2, 0.25) is 5.88 Å². The first-order chi connectivity index (χ1) is 14.0. The van der Waals surface area contributed by atoms with Crippen LogP contribution < -0.4 is 15.4 Å². The maximum atomic E-state index is 7.91. The summed E-state index contributed by atoms with van der Waals surface area (Å²) in [5.41, 5.74) is 3.65.